The number of aliphatic imine (C=N–C) groups is 1. The highest BCUT2D eigenvalue weighted by atomic mass is 16.5. The Morgan fingerprint density at radius 1 is 0.909 bits per heavy atom. The van der Waals surface area contributed by atoms with Crippen LogP contribution in [0.15, 0.2) is 83.9 Å². The van der Waals surface area contributed by atoms with E-state index in [1.165, 1.54) is 23.9 Å². The Balaban J connectivity index is 1.44. The van der Waals surface area contributed by atoms with Gasteiger partial charge in [0.25, 0.3) is 0 Å². The van der Waals surface area contributed by atoms with Crippen molar-refractivity contribution in [3.8, 4) is 0 Å². The van der Waals surface area contributed by atoms with Gasteiger partial charge in [-0.2, -0.15) is 4.99 Å². The van der Waals surface area contributed by atoms with Crippen LogP contribution in [0, 0.1) is 0 Å². The summed E-state index contributed by atoms with van der Waals surface area (Å²) in [5, 5.41) is 0. The summed E-state index contributed by atoms with van der Waals surface area (Å²) < 4.78 is 10.0. The summed E-state index contributed by atoms with van der Waals surface area (Å²) in [5.74, 6) is -0.641. The summed E-state index contributed by atoms with van der Waals surface area (Å²) >= 11 is 0. The number of amides is 1. The summed E-state index contributed by atoms with van der Waals surface area (Å²) in [7, 11) is 1.28. The molecular formula is C27H26N2O4. The fraction of sp³-hybridized carbons (Fsp3) is 0.222. The minimum absolute atomic E-state index is 0.0228. The van der Waals surface area contributed by atoms with Crippen molar-refractivity contribution in [2.75, 3.05) is 18.6 Å². The van der Waals surface area contributed by atoms with Crippen molar-refractivity contribution < 1.29 is 19.1 Å². The zero-order valence-electron chi connectivity index (χ0n) is 18.6. The first-order chi connectivity index (χ1) is 16.1. The van der Waals surface area contributed by atoms with Crippen molar-refractivity contribution in [1.82, 2.24) is 0 Å². The predicted molar refractivity (Wildman–Crippen MR) is 127 cm³/mol. The van der Waals surface area contributed by atoms with Gasteiger partial charge in [0.15, 0.2) is 0 Å². The third-order valence-electron chi connectivity index (χ3n) is 5.58. The lowest BCUT2D eigenvalue weighted by atomic mass is 10.0. The highest BCUT2D eigenvalue weighted by Gasteiger charge is 2.21. The van der Waals surface area contributed by atoms with Gasteiger partial charge >= 0.3 is 12.1 Å². The van der Waals surface area contributed by atoms with E-state index in [-0.39, 0.29) is 18.7 Å². The minimum Gasteiger partial charge on any atom is -0.465 e. The number of carbonyl (C=O) groups excluding carboxylic acids is 2. The number of benzene rings is 3. The smallest absolute Gasteiger partial charge is 0.434 e. The van der Waals surface area contributed by atoms with Crippen LogP contribution in [0.25, 0.3) is 0 Å². The van der Waals surface area contributed by atoms with Gasteiger partial charge in [0.1, 0.15) is 12.3 Å². The van der Waals surface area contributed by atoms with Crippen LogP contribution in [0.3, 0.4) is 0 Å². The predicted octanol–water partition coefficient (Wildman–Crippen LogP) is 4.74. The molecule has 6 heteroatoms. The van der Waals surface area contributed by atoms with Crippen LogP contribution in [0.5, 0.6) is 0 Å². The molecule has 1 amide bonds. The molecule has 0 aromatic heterocycles. The first kappa shape index (κ1) is 22.3. The number of carbonyl (C=O) groups is 2. The highest BCUT2D eigenvalue weighted by Crippen LogP contribution is 2.30. The molecular weight excluding hydrogens is 416 g/mol. The van der Waals surface area contributed by atoms with E-state index >= 15 is 0 Å². The van der Waals surface area contributed by atoms with Gasteiger partial charge in [-0.1, -0.05) is 72.8 Å². The van der Waals surface area contributed by atoms with Crippen LogP contribution in [-0.2, 0) is 40.3 Å². The number of esters is 1. The zero-order chi connectivity index (χ0) is 23.0. The lowest BCUT2D eigenvalue weighted by molar-refractivity contribution is -0.132. The third-order valence-corrected chi connectivity index (χ3v) is 5.58. The highest BCUT2D eigenvalue weighted by molar-refractivity contribution is 6.38. The molecule has 1 aliphatic heterocycles. The Morgan fingerprint density at radius 3 is 2.30 bits per heavy atom. The molecule has 0 radical (unpaired) electrons. The van der Waals surface area contributed by atoms with E-state index in [1.807, 2.05) is 54.6 Å². The number of nitrogens with zero attached hydrogens (tertiary/aromatic N) is 2. The lowest BCUT2D eigenvalue weighted by Crippen LogP contribution is -2.21. The van der Waals surface area contributed by atoms with Crippen molar-refractivity contribution in [2.24, 2.45) is 4.99 Å². The molecule has 3 aromatic rings. The normalized spacial score (nSPS) is 12.9. The molecule has 0 bridgehead atoms. The fourth-order valence-corrected chi connectivity index (χ4v) is 3.93. The average Bonchev–Trinajstić information content (AvgIpc) is 3.25. The largest absolute Gasteiger partial charge is 0.465 e. The molecule has 0 unspecified atom stereocenters. The van der Waals surface area contributed by atoms with Gasteiger partial charge < -0.3 is 14.4 Å². The maximum Gasteiger partial charge on any atom is 0.434 e. The van der Waals surface area contributed by atoms with E-state index in [9.17, 15) is 9.59 Å². The molecule has 1 aliphatic rings. The Bertz CT molecular complexity index is 1140. The quantitative estimate of drug-likeness (QED) is 0.390. The SMILES string of the molecule is COC(=O)C(Cc1ccc2c(c1)CCN2Cc1ccccc1)=NC(=O)OCc1ccccc1. The maximum absolute atomic E-state index is 12.2. The molecule has 0 saturated heterocycles. The van der Waals surface area contributed by atoms with Gasteiger partial charge in [0, 0.05) is 25.2 Å². The molecule has 1 heterocycles. The van der Waals surface area contributed by atoms with E-state index in [0.717, 1.165) is 30.6 Å². The molecule has 168 valence electrons. The summed E-state index contributed by atoms with van der Waals surface area (Å²) in [6, 6.07) is 25.8. The second-order valence-electron chi connectivity index (χ2n) is 7.89. The summed E-state index contributed by atoms with van der Waals surface area (Å²) in [5.41, 5.74) is 5.45. The Morgan fingerprint density at radius 2 is 1.61 bits per heavy atom. The zero-order valence-corrected chi connectivity index (χ0v) is 18.6. The van der Waals surface area contributed by atoms with Crippen LogP contribution < -0.4 is 4.90 Å². The van der Waals surface area contributed by atoms with E-state index < -0.39 is 12.1 Å². The van der Waals surface area contributed by atoms with Gasteiger partial charge in [0.2, 0.25) is 0 Å². The van der Waals surface area contributed by atoms with E-state index in [1.54, 1.807) is 0 Å². The monoisotopic (exact) mass is 442 g/mol. The summed E-state index contributed by atoms with van der Waals surface area (Å²) in [6.07, 6.45) is 0.313. The molecule has 6 nitrogen and oxygen atoms in total. The van der Waals surface area contributed by atoms with Crippen molar-refractivity contribution in [2.45, 2.75) is 26.0 Å². The average molecular weight is 443 g/mol. The number of ether oxygens (including phenoxy) is 2. The Kier molecular flexibility index (Phi) is 7.15. The van der Waals surface area contributed by atoms with Crippen LogP contribution >= 0.6 is 0 Å². The molecule has 0 saturated carbocycles. The summed E-state index contributed by atoms with van der Waals surface area (Å²) in [4.78, 5) is 30.7. The molecule has 4 rings (SSSR count). The summed E-state index contributed by atoms with van der Waals surface area (Å²) in [6.45, 7) is 1.89. The number of hydrogen-bond donors (Lipinski definition) is 0. The van der Waals surface area contributed by atoms with Gasteiger partial charge in [-0.05, 0) is 34.7 Å². The lowest BCUT2D eigenvalue weighted by Gasteiger charge is -2.19. The standard InChI is InChI=1S/C27H26N2O4/c1-32-26(30)24(28-27(31)33-19-21-10-6-3-7-11-21)17-22-12-13-25-23(16-22)14-15-29(25)18-20-8-4-2-5-9-20/h2-13,16H,14-15,17-19H2,1H3. The van der Waals surface area contributed by atoms with Crippen LogP contribution in [-0.4, -0.2) is 31.4 Å². The first-order valence-electron chi connectivity index (χ1n) is 10.9. The first-order valence-corrected chi connectivity index (χ1v) is 10.9. The van der Waals surface area contributed by atoms with Crippen LogP contribution in [0.2, 0.25) is 0 Å². The third kappa shape index (κ3) is 5.86. The van der Waals surface area contributed by atoms with E-state index in [4.69, 9.17) is 9.47 Å². The molecule has 0 aliphatic carbocycles. The van der Waals surface area contributed by atoms with Gasteiger partial charge in [-0.25, -0.2) is 9.59 Å². The minimum atomic E-state index is -0.811. The van der Waals surface area contributed by atoms with Crippen molar-refractivity contribution >= 4 is 23.5 Å². The van der Waals surface area contributed by atoms with Crippen molar-refractivity contribution in [3.63, 3.8) is 0 Å². The van der Waals surface area contributed by atoms with Gasteiger partial charge in [-0.15, -0.1) is 0 Å². The van der Waals surface area contributed by atoms with Crippen molar-refractivity contribution in [1.29, 1.82) is 0 Å². The second kappa shape index (κ2) is 10.6. The molecule has 0 N–H and O–H groups in total. The molecule has 0 spiro atoms. The molecule has 0 atom stereocenters. The maximum atomic E-state index is 12.2. The van der Waals surface area contributed by atoms with Crippen molar-refractivity contribution in [3.05, 3.63) is 101 Å². The molecule has 3 aromatic carbocycles. The van der Waals surface area contributed by atoms with Crippen LogP contribution in [0.4, 0.5) is 10.5 Å². The molecule has 33 heavy (non-hydrogen) atoms. The number of anilines is 1. The van der Waals surface area contributed by atoms with Gasteiger partial charge in [0.05, 0.1) is 7.11 Å². The number of hydrogen-bond acceptors (Lipinski definition) is 5. The number of methoxy groups -OCH3 is 1. The Hall–Kier alpha value is -3.93. The molecule has 0 fully saturated rings. The van der Waals surface area contributed by atoms with Gasteiger partial charge in [-0.3, -0.25) is 0 Å². The fourth-order valence-electron chi connectivity index (χ4n) is 3.93. The van der Waals surface area contributed by atoms with Crippen LogP contribution in [0.1, 0.15) is 22.3 Å². The number of fused-ring (bicyclic) bond motifs is 1. The van der Waals surface area contributed by atoms with E-state index in [0.29, 0.717) is 0 Å². The topological polar surface area (TPSA) is 68.2 Å². The van der Waals surface area contributed by atoms with E-state index in [2.05, 4.69) is 34.2 Å². The second-order valence-corrected chi connectivity index (χ2v) is 7.89. The Labute approximate surface area is 193 Å². The number of rotatable bonds is 7.